The van der Waals surface area contributed by atoms with Crippen molar-refractivity contribution in [3.8, 4) is 0 Å². The van der Waals surface area contributed by atoms with Crippen molar-refractivity contribution in [2.24, 2.45) is 11.8 Å². The van der Waals surface area contributed by atoms with Gasteiger partial charge in [-0.05, 0) is 42.5 Å². The highest BCUT2D eigenvalue weighted by molar-refractivity contribution is 5.97. The molecule has 2 atom stereocenters. The van der Waals surface area contributed by atoms with Crippen molar-refractivity contribution in [1.82, 2.24) is 24.8 Å². The largest absolute Gasteiger partial charge is 0.340 e. The number of hydrogen-bond donors (Lipinski definition) is 2. The zero-order chi connectivity index (χ0) is 18.4. The Kier molecular flexibility index (Phi) is 3.70. The average molecular weight is 364 g/mol. The first-order valence-electron chi connectivity index (χ1n) is 9.21. The molecule has 138 valence electrons. The number of likely N-dealkylation sites (tertiary alicyclic amines) is 1. The fourth-order valence-electron chi connectivity index (χ4n) is 4.32. The fraction of sp³-hybridized carbons (Fsp3) is 0.368. The van der Waals surface area contributed by atoms with Crippen LogP contribution in [0.3, 0.4) is 0 Å². The number of imidazole rings is 1. The maximum absolute atomic E-state index is 13.0. The summed E-state index contributed by atoms with van der Waals surface area (Å²) in [6.45, 7) is 3.33. The van der Waals surface area contributed by atoms with Gasteiger partial charge in [-0.15, -0.1) is 0 Å². The maximum Gasteiger partial charge on any atom is 0.323 e. The Bertz CT molecular complexity index is 1040. The zero-order valence-corrected chi connectivity index (χ0v) is 14.8. The van der Waals surface area contributed by atoms with Gasteiger partial charge in [0.05, 0.1) is 11.0 Å². The molecule has 1 amide bonds. The third-order valence-corrected chi connectivity index (χ3v) is 5.69. The third kappa shape index (κ3) is 2.87. The normalized spacial score (nSPS) is 22.2. The number of piperidine rings is 1. The molecule has 2 aliphatic rings. The summed E-state index contributed by atoms with van der Waals surface area (Å²) < 4.78 is 0. The molecule has 8 heteroatoms. The molecule has 2 fully saturated rings. The number of anilines is 1. The average Bonchev–Trinajstić information content (AvgIpc) is 3.29. The van der Waals surface area contributed by atoms with Crippen LogP contribution in [0.4, 0.5) is 5.95 Å². The molecule has 0 aliphatic carbocycles. The minimum absolute atomic E-state index is 0.0239. The quantitative estimate of drug-likeness (QED) is 0.713. The van der Waals surface area contributed by atoms with Gasteiger partial charge in [-0.1, -0.05) is 0 Å². The summed E-state index contributed by atoms with van der Waals surface area (Å²) >= 11 is 0. The van der Waals surface area contributed by atoms with Crippen molar-refractivity contribution in [3.63, 3.8) is 0 Å². The monoisotopic (exact) mass is 364 g/mol. The highest BCUT2D eigenvalue weighted by Crippen LogP contribution is 2.33. The molecule has 0 bridgehead atoms. The summed E-state index contributed by atoms with van der Waals surface area (Å²) in [6, 6.07) is 7.13. The molecule has 4 heterocycles. The van der Waals surface area contributed by atoms with Crippen LogP contribution < -0.4 is 10.6 Å². The number of rotatable bonds is 2. The van der Waals surface area contributed by atoms with Crippen LogP contribution in [-0.2, 0) is 0 Å². The van der Waals surface area contributed by atoms with Crippen molar-refractivity contribution in [1.29, 1.82) is 0 Å². The van der Waals surface area contributed by atoms with Gasteiger partial charge in [-0.3, -0.25) is 4.79 Å². The second kappa shape index (κ2) is 6.22. The van der Waals surface area contributed by atoms with E-state index in [1.165, 1.54) is 0 Å². The van der Waals surface area contributed by atoms with E-state index < -0.39 is 0 Å². The molecule has 5 rings (SSSR count). The topological polar surface area (TPSA) is 98.0 Å². The smallest absolute Gasteiger partial charge is 0.323 e. The van der Waals surface area contributed by atoms with Crippen LogP contribution in [-0.4, -0.2) is 56.9 Å². The van der Waals surface area contributed by atoms with E-state index in [-0.39, 0.29) is 11.6 Å². The van der Waals surface area contributed by atoms with E-state index in [1.54, 1.807) is 30.6 Å². The van der Waals surface area contributed by atoms with E-state index in [2.05, 4.69) is 24.8 Å². The molecule has 2 aliphatic heterocycles. The summed E-state index contributed by atoms with van der Waals surface area (Å²) in [4.78, 5) is 42.7. The minimum atomic E-state index is -0.259. The van der Waals surface area contributed by atoms with E-state index in [0.29, 0.717) is 28.4 Å². The van der Waals surface area contributed by atoms with Crippen LogP contribution in [0.2, 0.25) is 0 Å². The number of fused-ring (bicyclic) bond motifs is 2. The van der Waals surface area contributed by atoms with Gasteiger partial charge in [-0.2, -0.15) is 0 Å². The molecule has 3 aromatic rings. The number of amides is 1. The molecule has 2 N–H and O–H groups in total. The molecular formula is C19H20N6O2. The summed E-state index contributed by atoms with van der Waals surface area (Å²) in [7, 11) is 0. The summed E-state index contributed by atoms with van der Waals surface area (Å²) in [5, 5.41) is 0. The number of nitrogens with zero attached hydrogens (tertiary/aromatic N) is 4. The molecule has 0 radical (unpaired) electrons. The SMILES string of the molecule is O=C(c1ccc2[nH]c(=O)[nH]c2c1)N1C[C@@H]2CCN(c3ncccn3)C[C@@H]2C1. The predicted molar refractivity (Wildman–Crippen MR) is 101 cm³/mol. The third-order valence-electron chi connectivity index (χ3n) is 5.69. The van der Waals surface area contributed by atoms with Crippen LogP contribution in [0.5, 0.6) is 0 Å². The number of H-pyrrole nitrogens is 2. The van der Waals surface area contributed by atoms with Crippen LogP contribution >= 0.6 is 0 Å². The van der Waals surface area contributed by atoms with Gasteiger partial charge < -0.3 is 19.8 Å². The molecule has 27 heavy (non-hydrogen) atoms. The fourth-order valence-corrected chi connectivity index (χ4v) is 4.32. The van der Waals surface area contributed by atoms with Crippen LogP contribution in [0.1, 0.15) is 16.8 Å². The molecule has 1 aromatic carbocycles. The predicted octanol–water partition coefficient (Wildman–Crippen LogP) is 1.24. The summed E-state index contributed by atoms with van der Waals surface area (Å²) in [6.07, 6.45) is 4.57. The molecule has 0 spiro atoms. The van der Waals surface area contributed by atoms with Crippen molar-refractivity contribution < 1.29 is 4.79 Å². The molecule has 2 saturated heterocycles. The molecule has 0 unspecified atom stereocenters. The lowest BCUT2D eigenvalue weighted by molar-refractivity contribution is 0.0784. The Balaban J connectivity index is 1.32. The number of aromatic amines is 2. The Labute approximate surface area is 155 Å². The van der Waals surface area contributed by atoms with Gasteiger partial charge in [0.2, 0.25) is 5.95 Å². The summed E-state index contributed by atoms with van der Waals surface area (Å²) in [5.74, 6) is 1.74. The lowest BCUT2D eigenvalue weighted by Crippen LogP contribution is -2.40. The van der Waals surface area contributed by atoms with Gasteiger partial charge >= 0.3 is 5.69 Å². The molecule has 2 aromatic heterocycles. The van der Waals surface area contributed by atoms with Crippen LogP contribution in [0, 0.1) is 11.8 Å². The lowest BCUT2D eigenvalue weighted by atomic mass is 9.89. The molecule has 8 nitrogen and oxygen atoms in total. The zero-order valence-electron chi connectivity index (χ0n) is 14.8. The molecular weight excluding hydrogens is 344 g/mol. The standard InChI is InChI=1S/C19H20N6O2/c26-17(12-2-3-15-16(8-12)23-19(27)22-15)25-9-13-4-7-24(10-14(13)11-25)18-20-5-1-6-21-18/h1-3,5-6,8,13-14H,4,7,9-11H2,(H2,22,23,27)/t13-,14+/m0/s1. The Morgan fingerprint density at radius 3 is 2.67 bits per heavy atom. The Morgan fingerprint density at radius 1 is 1.04 bits per heavy atom. The van der Waals surface area contributed by atoms with E-state index in [1.807, 2.05) is 11.0 Å². The second-order valence-corrected chi connectivity index (χ2v) is 7.35. The number of aromatic nitrogens is 4. The highest BCUT2D eigenvalue weighted by atomic mass is 16.2. The van der Waals surface area contributed by atoms with Crippen LogP contribution in [0.25, 0.3) is 11.0 Å². The van der Waals surface area contributed by atoms with Crippen LogP contribution in [0.15, 0.2) is 41.5 Å². The van der Waals surface area contributed by atoms with Gasteiger partial charge in [0, 0.05) is 44.1 Å². The Hall–Kier alpha value is -3.16. The van der Waals surface area contributed by atoms with Crippen molar-refractivity contribution in [2.75, 3.05) is 31.1 Å². The van der Waals surface area contributed by atoms with Crippen molar-refractivity contribution in [3.05, 3.63) is 52.7 Å². The maximum atomic E-state index is 13.0. The van der Waals surface area contributed by atoms with Gasteiger partial charge in [0.1, 0.15) is 0 Å². The lowest BCUT2D eigenvalue weighted by Gasteiger charge is -2.34. The number of benzene rings is 1. The number of hydrogen-bond acceptors (Lipinski definition) is 5. The minimum Gasteiger partial charge on any atom is -0.340 e. The van der Waals surface area contributed by atoms with Crippen molar-refractivity contribution in [2.45, 2.75) is 6.42 Å². The highest BCUT2D eigenvalue weighted by Gasteiger charge is 2.39. The van der Waals surface area contributed by atoms with Gasteiger partial charge in [-0.25, -0.2) is 14.8 Å². The number of carbonyl (C=O) groups is 1. The van der Waals surface area contributed by atoms with E-state index in [0.717, 1.165) is 38.5 Å². The van der Waals surface area contributed by atoms with Gasteiger partial charge in [0.25, 0.3) is 5.91 Å². The number of nitrogens with one attached hydrogen (secondary N) is 2. The van der Waals surface area contributed by atoms with E-state index >= 15 is 0 Å². The van der Waals surface area contributed by atoms with Crippen molar-refractivity contribution >= 4 is 22.9 Å². The van der Waals surface area contributed by atoms with Gasteiger partial charge in [0.15, 0.2) is 0 Å². The first-order valence-corrected chi connectivity index (χ1v) is 9.21. The molecule has 0 saturated carbocycles. The Morgan fingerprint density at radius 2 is 1.81 bits per heavy atom. The number of carbonyl (C=O) groups excluding carboxylic acids is 1. The first kappa shape index (κ1) is 16.0. The summed E-state index contributed by atoms with van der Waals surface area (Å²) in [5.41, 5.74) is 1.73. The first-order chi connectivity index (χ1) is 13.2. The second-order valence-electron chi connectivity index (χ2n) is 7.35. The van der Waals surface area contributed by atoms with E-state index in [9.17, 15) is 9.59 Å². The van der Waals surface area contributed by atoms with E-state index in [4.69, 9.17) is 0 Å².